The third-order valence-electron chi connectivity index (χ3n) is 5.95. The molecule has 9 nitrogen and oxygen atoms in total. The Morgan fingerprint density at radius 1 is 0.879 bits per heavy atom. The average Bonchev–Trinajstić information content (AvgIpc) is 3.02. The molecule has 2 fully saturated rings. The molecule has 0 bridgehead atoms. The van der Waals surface area contributed by atoms with Crippen molar-refractivity contribution in [3.63, 3.8) is 0 Å². The van der Waals surface area contributed by atoms with E-state index in [0.717, 1.165) is 37.0 Å². The lowest BCUT2D eigenvalue weighted by molar-refractivity contribution is 0.0762. The Bertz CT molecular complexity index is 1070. The second-order valence-electron chi connectivity index (χ2n) is 8.24. The molecule has 0 aliphatic carbocycles. The second kappa shape index (κ2) is 10.6. The molecule has 2 aliphatic rings. The van der Waals surface area contributed by atoms with Gasteiger partial charge in [0.2, 0.25) is 0 Å². The molecule has 1 N–H and O–H groups in total. The van der Waals surface area contributed by atoms with Gasteiger partial charge in [0.25, 0.3) is 15.9 Å². The summed E-state index contributed by atoms with van der Waals surface area (Å²) in [6.07, 6.45) is 7.70. The molecule has 2 aromatic rings. The normalized spacial score (nSPS) is 18.4. The number of hydrogen-bond acceptors (Lipinski definition) is 6. The zero-order valence-electron chi connectivity index (χ0n) is 18.5. The number of sulfonamides is 1. The number of thiophene rings is 1. The number of amides is 3. The SMILES string of the molecule is O=C(Nc1ccc(S(=O)(=O)N2CCCCCC2)s1)N1CCCN(C(=O)c2cccnc2)CC1. The van der Waals surface area contributed by atoms with Gasteiger partial charge < -0.3 is 9.80 Å². The van der Waals surface area contributed by atoms with Crippen molar-refractivity contribution in [2.45, 2.75) is 36.3 Å². The monoisotopic (exact) mass is 491 g/mol. The first-order chi connectivity index (χ1) is 15.9. The fraction of sp³-hybridized carbons (Fsp3) is 0.500. The Morgan fingerprint density at radius 2 is 1.61 bits per heavy atom. The largest absolute Gasteiger partial charge is 0.337 e. The maximum Gasteiger partial charge on any atom is 0.322 e. The molecule has 4 heterocycles. The molecule has 11 heteroatoms. The minimum atomic E-state index is -3.54. The lowest BCUT2D eigenvalue weighted by atomic mass is 10.2. The lowest BCUT2D eigenvalue weighted by Crippen LogP contribution is -2.39. The van der Waals surface area contributed by atoms with E-state index in [2.05, 4.69) is 10.3 Å². The molecule has 178 valence electrons. The molecule has 2 aromatic heterocycles. The number of carbonyl (C=O) groups excluding carboxylic acids is 2. The third kappa shape index (κ3) is 5.71. The van der Waals surface area contributed by atoms with Crippen LogP contribution in [0.25, 0.3) is 0 Å². The van der Waals surface area contributed by atoms with Gasteiger partial charge in [0, 0.05) is 51.7 Å². The van der Waals surface area contributed by atoms with Gasteiger partial charge in [-0.15, -0.1) is 11.3 Å². The molecule has 0 aromatic carbocycles. The summed E-state index contributed by atoms with van der Waals surface area (Å²) in [6, 6.07) is 6.39. The van der Waals surface area contributed by atoms with Gasteiger partial charge in [-0.3, -0.25) is 15.1 Å². The predicted octanol–water partition coefficient (Wildman–Crippen LogP) is 3.09. The number of hydrogen-bond donors (Lipinski definition) is 1. The Hall–Kier alpha value is -2.50. The van der Waals surface area contributed by atoms with Crippen LogP contribution in [0.2, 0.25) is 0 Å². The summed E-state index contributed by atoms with van der Waals surface area (Å²) in [5, 5.41) is 3.33. The van der Waals surface area contributed by atoms with Crippen LogP contribution in [-0.4, -0.2) is 78.7 Å². The van der Waals surface area contributed by atoms with Crippen LogP contribution < -0.4 is 5.32 Å². The van der Waals surface area contributed by atoms with E-state index in [-0.39, 0.29) is 16.1 Å². The van der Waals surface area contributed by atoms with Crippen LogP contribution in [0.15, 0.2) is 40.9 Å². The summed E-state index contributed by atoms with van der Waals surface area (Å²) >= 11 is 1.08. The molecule has 0 saturated carbocycles. The van der Waals surface area contributed by atoms with Gasteiger partial charge in [0.1, 0.15) is 4.21 Å². The van der Waals surface area contributed by atoms with Crippen LogP contribution >= 0.6 is 11.3 Å². The van der Waals surface area contributed by atoms with E-state index < -0.39 is 10.0 Å². The van der Waals surface area contributed by atoms with Crippen molar-refractivity contribution in [1.82, 2.24) is 19.1 Å². The van der Waals surface area contributed by atoms with Crippen LogP contribution in [0.1, 0.15) is 42.5 Å². The third-order valence-corrected chi connectivity index (χ3v) is 9.32. The number of nitrogens with one attached hydrogen (secondary N) is 1. The van der Waals surface area contributed by atoms with Crippen molar-refractivity contribution in [2.24, 2.45) is 0 Å². The minimum absolute atomic E-state index is 0.0908. The zero-order chi connectivity index (χ0) is 23.3. The van der Waals surface area contributed by atoms with E-state index in [4.69, 9.17) is 0 Å². The molecule has 33 heavy (non-hydrogen) atoms. The smallest absolute Gasteiger partial charge is 0.322 e. The average molecular weight is 492 g/mol. The molecule has 2 saturated heterocycles. The molecule has 2 aliphatic heterocycles. The van der Waals surface area contributed by atoms with Gasteiger partial charge in [-0.25, -0.2) is 13.2 Å². The van der Waals surface area contributed by atoms with Crippen LogP contribution in [0, 0.1) is 0 Å². The summed E-state index contributed by atoms with van der Waals surface area (Å²) in [7, 11) is -3.54. The van der Waals surface area contributed by atoms with Crippen molar-refractivity contribution >= 4 is 38.3 Å². The van der Waals surface area contributed by atoms with Gasteiger partial charge in [-0.2, -0.15) is 4.31 Å². The molecule has 0 radical (unpaired) electrons. The van der Waals surface area contributed by atoms with Crippen LogP contribution in [0.5, 0.6) is 0 Å². The van der Waals surface area contributed by atoms with E-state index in [1.54, 1.807) is 50.8 Å². The highest BCUT2D eigenvalue weighted by atomic mass is 32.2. The molecule has 0 unspecified atom stereocenters. The van der Waals surface area contributed by atoms with Gasteiger partial charge in [-0.05, 0) is 43.5 Å². The second-order valence-corrected chi connectivity index (χ2v) is 11.5. The summed E-state index contributed by atoms with van der Waals surface area (Å²) in [5.41, 5.74) is 0.534. The van der Waals surface area contributed by atoms with E-state index >= 15 is 0 Å². The maximum atomic E-state index is 13.0. The maximum absolute atomic E-state index is 13.0. The summed E-state index contributed by atoms with van der Waals surface area (Å²) in [5.74, 6) is -0.0908. The molecule has 4 rings (SSSR count). The topological polar surface area (TPSA) is 103 Å². The van der Waals surface area contributed by atoms with Crippen molar-refractivity contribution < 1.29 is 18.0 Å². The Kier molecular flexibility index (Phi) is 7.61. The number of pyridine rings is 1. The van der Waals surface area contributed by atoms with Crippen LogP contribution in [0.4, 0.5) is 9.80 Å². The minimum Gasteiger partial charge on any atom is -0.337 e. The predicted molar refractivity (Wildman–Crippen MR) is 127 cm³/mol. The standard InChI is InChI=1S/C22H29N5O4S2/c28-21(18-7-5-10-23-17-18)25-11-6-12-26(16-15-25)22(29)24-19-8-9-20(32-19)33(30,31)27-13-3-1-2-4-14-27/h5,7-10,17H,1-4,6,11-16H2,(H,24,29). The molecule has 3 amide bonds. The first-order valence-corrected chi connectivity index (χ1v) is 13.6. The molecular formula is C22H29N5O4S2. The highest BCUT2D eigenvalue weighted by Crippen LogP contribution is 2.30. The summed E-state index contributed by atoms with van der Waals surface area (Å²) in [4.78, 5) is 32.9. The van der Waals surface area contributed by atoms with Crippen LogP contribution in [0.3, 0.4) is 0 Å². The number of aromatic nitrogens is 1. The van der Waals surface area contributed by atoms with Crippen LogP contribution in [-0.2, 0) is 10.0 Å². The van der Waals surface area contributed by atoms with Crippen molar-refractivity contribution in [2.75, 3.05) is 44.6 Å². The first-order valence-electron chi connectivity index (χ1n) is 11.3. The molecule has 0 atom stereocenters. The van der Waals surface area contributed by atoms with Gasteiger partial charge in [0.05, 0.1) is 10.6 Å². The van der Waals surface area contributed by atoms with Gasteiger partial charge in [0.15, 0.2) is 0 Å². The van der Waals surface area contributed by atoms with E-state index in [1.165, 1.54) is 0 Å². The van der Waals surface area contributed by atoms with E-state index in [1.807, 2.05) is 0 Å². The highest BCUT2D eigenvalue weighted by molar-refractivity contribution is 7.91. The highest BCUT2D eigenvalue weighted by Gasteiger charge is 2.28. The molecule has 0 spiro atoms. The number of nitrogens with zero attached hydrogens (tertiary/aromatic N) is 4. The van der Waals surface area contributed by atoms with Crippen molar-refractivity contribution in [3.05, 3.63) is 42.2 Å². The first kappa shape index (κ1) is 23.7. The number of anilines is 1. The van der Waals surface area contributed by atoms with Crippen molar-refractivity contribution in [1.29, 1.82) is 0 Å². The van der Waals surface area contributed by atoms with E-state index in [9.17, 15) is 18.0 Å². The molecular weight excluding hydrogens is 462 g/mol. The fourth-order valence-electron chi connectivity index (χ4n) is 4.12. The fourth-order valence-corrected chi connectivity index (χ4v) is 6.98. The Balaban J connectivity index is 1.35. The number of rotatable bonds is 4. The zero-order valence-corrected chi connectivity index (χ0v) is 20.1. The Labute approximate surface area is 198 Å². The van der Waals surface area contributed by atoms with Crippen molar-refractivity contribution in [3.8, 4) is 0 Å². The number of urea groups is 1. The van der Waals surface area contributed by atoms with E-state index in [0.29, 0.717) is 56.3 Å². The Morgan fingerprint density at radius 3 is 2.33 bits per heavy atom. The lowest BCUT2D eigenvalue weighted by Gasteiger charge is -2.22. The number of carbonyl (C=O) groups is 2. The quantitative estimate of drug-likeness (QED) is 0.708. The summed E-state index contributed by atoms with van der Waals surface area (Å²) in [6.45, 7) is 3.01. The van der Waals surface area contributed by atoms with Gasteiger partial charge >= 0.3 is 6.03 Å². The summed E-state index contributed by atoms with van der Waals surface area (Å²) < 4.78 is 27.8. The van der Waals surface area contributed by atoms with Gasteiger partial charge in [-0.1, -0.05) is 12.8 Å².